The van der Waals surface area contributed by atoms with Crippen LogP contribution < -0.4 is 10.6 Å². The molecule has 1 aliphatic heterocycles. The fraction of sp³-hybridized carbons (Fsp3) is 0.238. The molecule has 1 atom stereocenters. The number of phenols is 1. The number of aromatic hydroxyl groups is 1. The number of aromatic nitrogens is 2. The SMILES string of the molecule is OCC#Cc1ccc2c(NC3CCNC3)nc(-c3ccccc3O)nc2c1. The van der Waals surface area contributed by atoms with Crippen LogP contribution in [-0.2, 0) is 0 Å². The smallest absolute Gasteiger partial charge is 0.165 e. The normalized spacial score (nSPS) is 16.1. The lowest BCUT2D eigenvalue weighted by atomic mass is 10.1. The molecule has 1 fully saturated rings. The first-order valence-corrected chi connectivity index (χ1v) is 8.92. The van der Waals surface area contributed by atoms with Crippen LogP contribution in [0.15, 0.2) is 42.5 Å². The van der Waals surface area contributed by atoms with Gasteiger partial charge >= 0.3 is 0 Å². The van der Waals surface area contributed by atoms with E-state index in [-0.39, 0.29) is 12.4 Å². The second-order valence-corrected chi connectivity index (χ2v) is 6.44. The number of para-hydroxylation sites is 1. The highest BCUT2D eigenvalue weighted by molar-refractivity contribution is 5.92. The Morgan fingerprint density at radius 1 is 1.19 bits per heavy atom. The summed E-state index contributed by atoms with van der Waals surface area (Å²) in [7, 11) is 0. The predicted molar refractivity (Wildman–Crippen MR) is 106 cm³/mol. The Morgan fingerprint density at radius 2 is 2.07 bits per heavy atom. The maximum atomic E-state index is 10.2. The summed E-state index contributed by atoms with van der Waals surface area (Å²) in [5, 5.41) is 26.9. The third kappa shape index (κ3) is 3.70. The molecule has 2 aromatic carbocycles. The van der Waals surface area contributed by atoms with E-state index in [1.165, 1.54) is 0 Å². The predicted octanol–water partition coefficient (Wildman–Crippen LogP) is 2.12. The van der Waals surface area contributed by atoms with Gasteiger partial charge in [-0.25, -0.2) is 9.97 Å². The van der Waals surface area contributed by atoms with Gasteiger partial charge in [0, 0.05) is 23.5 Å². The number of benzene rings is 2. The summed E-state index contributed by atoms with van der Waals surface area (Å²) in [6.07, 6.45) is 1.03. The zero-order valence-corrected chi connectivity index (χ0v) is 14.7. The van der Waals surface area contributed by atoms with Crippen molar-refractivity contribution < 1.29 is 10.2 Å². The van der Waals surface area contributed by atoms with Crippen LogP contribution in [0, 0.1) is 11.8 Å². The summed E-state index contributed by atoms with van der Waals surface area (Å²) in [6.45, 7) is 1.68. The van der Waals surface area contributed by atoms with Crippen molar-refractivity contribution >= 4 is 16.7 Å². The number of hydrogen-bond acceptors (Lipinski definition) is 6. The fourth-order valence-electron chi connectivity index (χ4n) is 3.21. The number of nitrogens with one attached hydrogen (secondary N) is 2. The van der Waals surface area contributed by atoms with Crippen LogP contribution >= 0.6 is 0 Å². The number of fused-ring (bicyclic) bond motifs is 1. The van der Waals surface area contributed by atoms with Gasteiger partial charge in [0.2, 0.25) is 0 Å². The number of aliphatic hydroxyl groups excluding tert-OH is 1. The first kappa shape index (κ1) is 17.3. The average Bonchev–Trinajstić information content (AvgIpc) is 3.19. The van der Waals surface area contributed by atoms with Crippen LogP contribution in [0.5, 0.6) is 5.75 Å². The molecular formula is C21H20N4O2. The molecule has 2 heterocycles. The Morgan fingerprint density at radius 3 is 2.85 bits per heavy atom. The van der Waals surface area contributed by atoms with E-state index in [1.807, 2.05) is 24.3 Å². The van der Waals surface area contributed by atoms with Gasteiger partial charge in [-0.2, -0.15) is 0 Å². The minimum absolute atomic E-state index is 0.140. The average molecular weight is 360 g/mol. The molecule has 1 aliphatic rings. The standard InChI is InChI=1S/C21H20N4O2/c26-11-3-4-14-7-8-16-18(12-14)24-21(17-5-1-2-6-19(17)27)25-20(16)23-15-9-10-22-13-15/h1-2,5-8,12,15,22,26-27H,9-11,13H2,(H,23,24,25). The Bertz CT molecular complexity index is 1030. The van der Waals surface area contributed by atoms with Crippen molar-refractivity contribution in [3.63, 3.8) is 0 Å². The van der Waals surface area contributed by atoms with E-state index in [9.17, 15) is 5.11 Å². The van der Waals surface area contributed by atoms with Crippen LogP contribution in [0.4, 0.5) is 5.82 Å². The topological polar surface area (TPSA) is 90.3 Å². The molecule has 0 aliphatic carbocycles. The molecule has 6 nitrogen and oxygen atoms in total. The van der Waals surface area contributed by atoms with E-state index < -0.39 is 0 Å². The van der Waals surface area contributed by atoms with Crippen molar-refractivity contribution in [2.75, 3.05) is 25.0 Å². The summed E-state index contributed by atoms with van der Waals surface area (Å²) in [5.74, 6) is 6.91. The maximum absolute atomic E-state index is 10.2. The third-order valence-electron chi connectivity index (χ3n) is 4.55. The molecule has 1 aromatic heterocycles. The summed E-state index contributed by atoms with van der Waals surface area (Å²) < 4.78 is 0. The Hall–Kier alpha value is -3.14. The molecule has 4 rings (SSSR count). The zero-order chi connectivity index (χ0) is 18.6. The summed E-state index contributed by atoms with van der Waals surface area (Å²) in [6, 6.07) is 13.1. The molecule has 0 spiro atoms. The molecule has 0 radical (unpaired) electrons. The lowest BCUT2D eigenvalue weighted by molar-refractivity contribution is 0.350. The number of rotatable bonds is 3. The van der Waals surface area contributed by atoms with E-state index in [0.717, 1.165) is 41.8 Å². The maximum Gasteiger partial charge on any atom is 0.165 e. The summed E-state index contributed by atoms with van der Waals surface area (Å²) in [5.41, 5.74) is 2.09. The van der Waals surface area contributed by atoms with Gasteiger partial charge in [0.15, 0.2) is 5.82 Å². The van der Waals surface area contributed by atoms with Gasteiger partial charge < -0.3 is 20.8 Å². The van der Waals surface area contributed by atoms with Gasteiger partial charge in [0.05, 0.1) is 11.1 Å². The van der Waals surface area contributed by atoms with Gasteiger partial charge in [-0.15, -0.1) is 0 Å². The first-order chi connectivity index (χ1) is 13.2. The Kier molecular flexibility index (Phi) is 4.88. The molecule has 1 unspecified atom stereocenters. The highest BCUT2D eigenvalue weighted by Gasteiger charge is 2.18. The van der Waals surface area contributed by atoms with Crippen molar-refractivity contribution in [2.45, 2.75) is 12.5 Å². The molecular weight excluding hydrogens is 340 g/mol. The van der Waals surface area contributed by atoms with Crippen LogP contribution in [0.1, 0.15) is 12.0 Å². The zero-order valence-electron chi connectivity index (χ0n) is 14.7. The quantitative estimate of drug-likeness (QED) is 0.535. The van der Waals surface area contributed by atoms with Gasteiger partial charge in [-0.05, 0) is 43.3 Å². The lowest BCUT2D eigenvalue weighted by Crippen LogP contribution is -2.23. The molecule has 4 N–H and O–H groups in total. The molecule has 136 valence electrons. The minimum atomic E-state index is -0.188. The van der Waals surface area contributed by atoms with E-state index in [2.05, 4.69) is 27.5 Å². The molecule has 6 heteroatoms. The van der Waals surface area contributed by atoms with E-state index in [1.54, 1.807) is 18.2 Å². The molecule has 0 saturated carbocycles. The Labute approximate surface area is 157 Å². The minimum Gasteiger partial charge on any atom is -0.507 e. The second-order valence-electron chi connectivity index (χ2n) is 6.44. The number of aliphatic hydroxyl groups is 1. The van der Waals surface area contributed by atoms with Crippen molar-refractivity contribution in [2.24, 2.45) is 0 Å². The monoisotopic (exact) mass is 360 g/mol. The van der Waals surface area contributed by atoms with Crippen molar-refractivity contribution in [3.05, 3.63) is 48.0 Å². The number of nitrogens with zero attached hydrogens (tertiary/aromatic N) is 2. The largest absolute Gasteiger partial charge is 0.507 e. The van der Waals surface area contributed by atoms with Crippen LogP contribution in [0.2, 0.25) is 0 Å². The number of phenolic OH excluding ortho intramolecular Hbond substituents is 1. The lowest BCUT2D eigenvalue weighted by Gasteiger charge is -2.15. The van der Waals surface area contributed by atoms with E-state index >= 15 is 0 Å². The van der Waals surface area contributed by atoms with Gasteiger partial charge in [-0.1, -0.05) is 24.0 Å². The molecule has 27 heavy (non-hydrogen) atoms. The van der Waals surface area contributed by atoms with Crippen molar-refractivity contribution in [3.8, 4) is 29.0 Å². The molecule has 3 aromatic rings. The second kappa shape index (κ2) is 7.62. The molecule has 0 bridgehead atoms. The van der Waals surface area contributed by atoms with Crippen molar-refractivity contribution in [1.82, 2.24) is 15.3 Å². The van der Waals surface area contributed by atoms with E-state index in [0.29, 0.717) is 17.4 Å². The van der Waals surface area contributed by atoms with Gasteiger partial charge in [0.25, 0.3) is 0 Å². The number of hydrogen-bond donors (Lipinski definition) is 4. The third-order valence-corrected chi connectivity index (χ3v) is 4.55. The summed E-state index contributed by atoms with van der Waals surface area (Å²) >= 11 is 0. The first-order valence-electron chi connectivity index (χ1n) is 8.92. The van der Waals surface area contributed by atoms with E-state index in [4.69, 9.17) is 10.1 Å². The Balaban J connectivity index is 1.86. The molecule has 0 amide bonds. The van der Waals surface area contributed by atoms with Gasteiger partial charge in [0.1, 0.15) is 18.2 Å². The highest BCUT2D eigenvalue weighted by atomic mass is 16.3. The summed E-state index contributed by atoms with van der Waals surface area (Å²) in [4.78, 5) is 9.35. The fourth-order valence-corrected chi connectivity index (χ4v) is 3.21. The number of anilines is 1. The molecule has 1 saturated heterocycles. The van der Waals surface area contributed by atoms with Crippen LogP contribution in [-0.4, -0.2) is 45.9 Å². The van der Waals surface area contributed by atoms with Crippen LogP contribution in [0.3, 0.4) is 0 Å². The van der Waals surface area contributed by atoms with Gasteiger partial charge in [-0.3, -0.25) is 0 Å². The van der Waals surface area contributed by atoms with Crippen molar-refractivity contribution in [1.29, 1.82) is 0 Å². The highest BCUT2D eigenvalue weighted by Crippen LogP contribution is 2.30. The van der Waals surface area contributed by atoms with Crippen LogP contribution in [0.25, 0.3) is 22.3 Å².